The van der Waals surface area contributed by atoms with E-state index in [0.717, 1.165) is 0 Å². The smallest absolute Gasteiger partial charge is 0.0895 e. The van der Waals surface area contributed by atoms with Gasteiger partial charge in [0.2, 0.25) is 0 Å². The highest BCUT2D eigenvalue weighted by Crippen LogP contribution is 2.10. The van der Waals surface area contributed by atoms with Crippen LogP contribution in [0.3, 0.4) is 0 Å². The molecule has 3 N–H and O–H groups in total. The molecule has 0 saturated heterocycles. The van der Waals surface area contributed by atoms with Crippen molar-refractivity contribution in [1.29, 1.82) is 0 Å². The average molecular weight is 195 g/mol. The van der Waals surface area contributed by atoms with Crippen molar-refractivity contribution < 1.29 is 10.2 Å². The molecule has 0 amide bonds. The van der Waals surface area contributed by atoms with Crippen molar-refractivity contribution >= 4 is 0 Å². The van der Waals surface area contributed by atoms with Gasteiger partial charge in [0, 0.05) is 12.6 Å². The fourth-order valence-corrected chi connectivity index (χ4v) is 1.24. The maximum Gasteiger partial charge on any atom is 0.0895 e. The van der Waals surface area contributed by atoms with E-state index in [1.54, 1.807) is 0 Å². The Morgan fingerprint density at radius 2 is 1.93 bits per heavy atom. The Kier molecular flexibility index (Phi) is 4.59. The molecule has 1 aromatic carbocycles. The van der Waals surface area contributed by atoms with Crippen molar-refractivity contribution in [3.05, 3.63) is 35.9 Å². The van der Waals surface area contributed by atoms with Crippen LogP contribution in [0.25, 0.3) is 0 Å². The van der Waals surface area contributed by atoms with Gasteiger partial charge in [-0.3, -0.25) is 0 Å². The molecule has 14 heavy (non-hydrogen) atoms. The zero-order valence-corrected chi connectivity index (χ0v) is 8.35. The molecular weight excluding hydrogens is 178 g/mol. The van der Waals surface area contributed by atoms with Crippen LogP contribution in [0, 0.1) is 0 Å². The lowest BCUT2D eigenvalue weighted by atomic mass is 10.1. The molecule has 0 heterocycles. The van der Waals surface area contributed by atoms with Crippen LogP contribution in [0.5, 0.6) is 0 Å². The lowest BCUT2D eigenvalue weighted by Crippen LogP contribution is -2.31. The van der Waals surface area contributed by atoms with Crippen LogP contribution in [-0.4, -0.2) is 29.5 Å². The van der Waals surface area contributed by atoms with Gasteiger partial charge in [-0.15, -0.1) is 0 Å². The van der Waals surface area contributed by atoms with E-state index in [9.17, 15) is 0 Å². The quantitative estimate of drug-likeness (QED) is 0.648. The summed E-state index contributed by atoms with van der Waals surface area (Å²) in [7, 11) is 0. The summed E-state index contributed by atoms with van der Waals surface area (Å²) in [5.74, 6) is 0. The third-order valence-electron chi connectivity index (χ3n) is 2.17. The number of aliphatic hydroxyl groups is 2. The molecule has 0 bridgehead atoms. The van der Waals surface area contributed by atoms with Crippen molar-refractivity contribution in [2.75, 3.05) is 13.2 Å². The van der Waals surface area contributed by atoms with Crippen LogP contribution in [0.15, 0.2) is 30.3 Å². The first-order valence-electron chi connectivity index (χ1n) is 4.81. The van der Waals surface area contributed by atoms with E-state index < -0.39 is 6.10 Å². The Morgan fingerprint density at radius 1 is 1.29 bits per heavy atom. The largest absolute Gasteiger partial charge is 0.394 e. The van der Waals surface area contributed by atoms with Crippen LogP contribution in [0.4, 0.5) is 0 Å². The van der Waals surface area contributed by atoms with Gasteiger partial charge in [0.15, 0.2) is 0 Å². The number of nitrogens with one attached hydrogen (secondary N) is 1. The normalized spacial score (nSPS) is 15.1. The third-order valence-corrected chi connectivity index (χ3v) is 2.17. The fraction of sp³-hybridized carbons (Fsp3) is 0.455. The summed E-state index contributed by atoms with van der Waals surface area (Å²) in [6, 6.07) is 10.2. The molecule has 0 aliphatic heterocycles. The molecule has 0 saturated carbocycles. The molecule has 1 rings (SSSR count). The predicted octanol–water partition coefficient (Wildman–Crippen LogP) is 0.690. The Balaban J connectivity index is 2.39. The van der Waals surface area contributed by atoms with E-state index in [4.69, 9.17) is 10.2 Å². The Labute approximate surface area is 84.4 Å². The Morgan fingerprint density at radius 3 is 2.50 bits per heavy atom. The summed E-state index contributed by atoms with van der Waals surface area (Å²) < 4.78 is 0. The van der Waals surface area contributed by atoms with Gasteiger partial charge < -0.3 is 15.5 Å². The molecule has 1 aromatic rings. The van der Waals surface area contributed by atoms with E-state index in [-0.39, 0.29) is 12.6 Å². The first-order chi connectivity index (χ1) is 6.74. The monoisotopic (exact) mass is 195 g/mol. The molecule has 0 spiro atoms. The number of aliphatic hydroxyl groups excluding tert-OH is 2. The highest BCUT2D eigenvalue weighted by Gasteiger charge is 2.06. The average Bonchev–Trinajstić information content (AvgIpc) is 2.26. The first kappa shape index (κ1) is 11.2. The summed E-state index contributed by atoms with van der Waals surface area (Å²) in [4.78, 5) is 0. The molecule has 0 radical (unpaired) electrons. The number of hydrogen-bond donors (Lipinski definition) is 3. The molecule has 3 heteroatoms. The molecule has 0 unspecified atom stereocenters. The van der Waals surface area contributed by atoms with Crippen LogP contribution in [-0.2, 0) is 0 Å². The van der Waals surface area contributed by atoms with E-state index in [1.807, 2.05) is 37.3 Å². The second kappa shape index (κ2) is 5.75. The summed E-state index contributed by atoms with van der Waals surface area (Å²) in [5.41, 5.74) is 1.18. The van der Waals surface area contributed by atoms with Crippen LogP contribution in [0.1, 0.15) is 18.5 Å². The van der Waals surface area contributed by atoms with Gasteiger partial charge in [0.05, 0.1) is 12.7 Å². The summed E-state index contributed by atoms with van der Waals surface area (Å²) in [5, 5.41) is 20.9. The first-order valence-corrected chi connectivity index (χ1v) is 4.81. The minimum atomic E-state index is -0.679. The van der Waals surface area contributed by atoms with Gasteiger partial charge in [-0.05, 0) is 12.5 Å². The van der Waals surface area contributed by atoms with E-state index >= 15 is 0 Å². The molecule has 0 aliphatic rings. The topological polar surface area (TPSA) is 52.5 Å². The van der Waals surface area contributed by atoms with Gasteiger partial charge in [0.25, 0.3) is 0 Å². The van der Waals surface area contributed by atoms with Crippen LogP contribution < -0.4 is 5.32 Å². The molecule has 0 aliphatic carbocycles. The van der Waals surface area contributed by atoms with E-state index in [2.05, 4.69) is 5.32 Å². The van der Waals surface area contributed by atoms with Gasteiger partial charge >= 0.3 is 0 Å². The SMILES string of the molecule is C[C@H](NC[C@H](O)CO)c1ccccc1. The van der Waals surface area contributed by atoms with E-state index in [0.29, 0.717) is 6.54 Å². The number of benzene rings is 1. The van der Waals surface area contributed by atoms with Gasteiger partial charge in [-0.25, -0.2) is 0 Å². The standard InChI is InChI=1S/C11H17NO2/c1-9(12-7-11(14)8-13)10-5-3-2-4-6-10/h2-6,9,11-14H,7-8H2,1H3/t9-,11-/m0/s1. The van der Waals surface area contributed by atoms with Gasteiger partial charge in [0.1, 0.15) is 0 Å². The number of rotatable bonds is 5. The lowest BCUT2D eigenvalue weighted by molar-refractivity contribution is 0.0924. The zero-order chi connectivity index (χ0) is 10.4. The molecule has 2 atom stereocenters. The molecule has 78 valence electrons. The molecule has 0 aromatic heterocycles. The highest BCUT2D eigenvalue weighted by molar-refractivity contribution is 5.17. The summed E-state index contributed by atoms with van der Waals surface area (Å²) in [6.07, 6.45) is -0.679. The zero-order valence-electron chi connectivity index (χ0n) is 8.35. The molecular formula is C11H17NO2. The minimum Gasteiger partial charge on any atom is -0.394 e. The minimum absolute atomic E-state index is 0.192. The maximum atomic E-state index is 9.14. The van der Waals surface area contributed by atoms with Crippen molar-refractivity contribution in [2.24, 2.45) is 0 Å². The Bertz CT molecular complexity index is 251. The lowest BCUT2D eigenvalue weighted by Gasteiger charge is -2.16. The third kappa shape index (κ3) is 3.46. The molecule has 0 fully saturated rings. The maximum absolute atomic E-state index is 9.14. The van der Waals surface area contributed by atoms with Crippen molar-refractivity contribution in [2.45, 2.75) is 19.1 Å². The predicted molar refractivity (Wildman–Crippen MR) is 56.0 cm³/mol. The summed E-state index contributed by atoms with van der Waals surface area (Å²) >= 11 is 0. The Hall–Kier alpha value is -0.900. The fourth-order valence-electron chi connectivity index (χ4n) is 1.24. The van der Waals surface area contributed by atoms with Crippen molar-refractivity contribution in [1.82, 2.24) is 5.32 Å². The summed E-state index contributed by atoms with van der Waals surface area (Å²) in [6.45, 7) is 2.24. The van der Waals surface area contributed by atoms with E-state index in [1.165, 1.54) is 5.56 Å². The van der Waals surface area contributed by atoms with Crippen molar-refractivity contribution in [3.63, 3.8) is 0 Å². The molecule has 3 nitrogen and oxygen atoms in total. The number of hydrogen-bond acceptors (Lipinski definition) is 3. The van der Waals surface area contributed by atoms with Crippen molar-refractivity contribution in [3.8, 4) is 0 Å². The van der Waals surface area contributed by atoms with Crippen LogP contribution in [0.2, 0.25) is 0 Å². The highest BCUT2D eigenvalue weighted by atomic mass is 16.3. The van der Waals surface area contributed by atoms with Gasteiger partial charge in [-0.2, -0.15) is 0 Å². The second-order valence-corrected chi connectivity index (χ2v) is 3.38. The van der Waals surface area contributed by atoms with Crippen LogP contribution >= 0.6 is 0 Å². The second-order valence-electron chi connectivity index (χ2n) is 3.38. The van der Waals surface area contributed by atoms with Gasteiger partial charge in [-0.1, -0.05) is 30.3 Å².